The number of aromatic nitrogens is 2. The van der Waals surface area contributed by atoms with E-state index in [4.69, 9.17) is 53.0 Å². The van der Waals surface area contributed by atoms with Crippen molar-refractivity contribution in [3.8, 4) is 23.0 Å². The van der Waals surface area contributed by atoms with Crippen LogP contribution in [-0.4, -0.2) is 137 Å². The zero-order valence-electron chi connectivity index (χ0n) is 53.7. The van der Waals surface area contributed by atoms with Crippen molar-refractivity contribution in [1.29, 1.82) is 0 Å². The van der Waals surface area contributed by atoms with Crippen LogP contribution < -0.4 is 18.9 Å². The molecule has 2 aromatic carbocycles. The van der Waals surface area contributed by atoms with Gasteiger partial charge in [-0.05, 0) is 156 Å². The molecule has 2 fully saturated rings. The summed E-state index contributed by atoms with van der Waals surface area (Å²) in [5.74, 6) is -0.201. The molecule has 476 valence electrons. The van der Waals surface area contributed by atoms with E-state index in [0.29, 0.717) is 50.0 Å². The molecule has 87 heavy (non-hydrogen) atoms. The number of carbonyl (C=O) groups excluding carboxylic acids is 5. The van der Waals surface area contributed by atoms with Gasteiger partial charge >= 0.3 is 30.0 Å². The summed E-state index contributed by atoms with van der Waals surface area (Å²) in [6.07, 6.45) is 15.7. The molecule has 1 N–H and O–H groups in total. The summed E-state index contributed by atoms with van der Waals surface area (Å²) in [7, 11) is 5.93. The van der Waals surface area contributed by atoms with Gasteiger partial charge in [0.25, 0.3) is 0 Å². The van der Waals surface area contributed by atoms with Gasteiger partial charge in [-0.25, -0.2) is 24.4 Å². The van der Waals surface area contributed by atoms with Gasteiger partial charge in [0.05, 0.1) is 76.3 Å². The monoisotopic (exact) mass is 1210 g/mol. The number of carboxylic acid groups (broad SMARTS) is 1. The minimum Gasteiger partial charge on any atom is -0.497 e. The lowest BCUT2D eigenvalue weighted by Crippen LogP contribution is -2.46. The van der Waals surface area contributed by atoms with Crippen LogP contribution in [0.3, 0.4) is 0 Å². The number of carboxylic acids is 1. The smallest absolute Gasteiger partial charge is 0.411 e. The maximum atomic E-state index is 14.2. The molecule has 4 aliphatic heterocycles. The van der Waals surface area contributed by atoms with E-state index in [0.717, 1.165) is 120 Å². The molecule has 19 heteroatoms. The first kappa shape index (κ1) is 68.7. The molecule has 2 aromatic heterocycles. The number of hydrogen-bond donors (Lipinski definition) is 1. The number of amides is 2. The lowest BCUT2D eigenvalue weighted by molar-refractivity contribution is -0.159. The average Bonchev–Trinajstić information content (AvgIpc) is 1.74. The van der Waals surface area contributed by atoms with Crippen molar-refractivity contribution in [2.24, 2.45) is 11.8 Å². The van der Waals surface area contributed by atoms with Crippen LogP contribution in [0.15, 0.2) is 61.7 Å². The number of esters is 3. The van der Waals surface area contributed by atoms with Gasteiger partial charge in [-0.3, -0.25) is 19.3 Å². The number of allylic oxidation sites excluding steroid dienone is 2. The summed E-state index contributed by atoms with van der Waals surface area (Å²) in [6, 6.07) is 10.0. The van der Waals surface area contributed by atoms with Crippen molar-refractivity contribution in [3.63, 3.8) is 0 Å². The normalized spacial score (nSPS) is 20.0. The standard InChI is InChI=1S/C34H46N2O7.C24H30N2O6.C10H18O2/c1-8-9-10-11-12-13-23(18-29(37)42-33(3,4)5)31(38)36-21-34(20-28(36)32(39)41-7)17-16-25-26-19-24(40-6)14-15-27(26)35-22(2)30(25)43-34;1-14-20-16(17-11-15(29-5)7-8-18(17)25-14)9-10-24(31-20)12-19(21(27)30-6)26(13-24)22(28)32-23(2,3)4;1-3-4-5-6-7-8-9(2)10(11)12/h8,14-15,19,23,28H,1,9-13,16-18,20-21H2,2-7H3;7-8,11,19H,9-10,12-13H2,1-6H3;3,9H,1,4-8H2,2H3,(H,11,12)/t23-,28+,34-;19-,24+;9-/m100/s1. The second kappa shape index (κ2) is 30.0. The van der Waals surface area contributed by atoms with Crippen LogP contribution in [0.25, 0.3) is 21.8 Å². The minimum absolute atomic E-state index is 0.0461. The summed E-state index contributed by atoms with van der Waals surface area (Å²) in [5.41, 5.74) is 2.59. The third kappa shape index (κ3) is 17.9. The number of methoxy groups -OCH3 is 4. The maximum Gasteiger partial charge on any atom is 0.411 e. The lowest BCUT2D eigenvalue weighted by atomic mass is 9.87. The highest BCUT2D eigenvalue weighted by atomic mass is 16.6. The number of pyridine rings is 2. The first-order chi connectivity index (χ1) is 41.1. The molecule has 2 saturated heterocycles. The molecule has 0 saturated carbocycles. The number of hydrogen-bond acceptors (Lipinski definition) is 16. The average molecular weight is 1210 g/mol. The van der Waals surface area contributed by atoms with Gasteiger partial charge in [-0.2, -0.15) is 0 Å². The van der Waals surface area contributed by atoms with Crippen LogP contribution in [0.5, 0.6) is 23.0 Å². The molecule has 0 aliphatic carbocycles. The zero-order chi connectivity index (χ0) is 64.0. The van der Waals surface area contributed by atoms with E-state index in [1.807, 2.05) is 83.2 Å². The summed E-state index contributed by atoms with van der Waals surface area (Å²) >= 11 is 0. The molecule has 2 spiro atoms. The number of carbonyl (C=O) groups is 6. The van der Waals surface area contributed by atoms with Crippen molar-refractivity contribution in [2.45, 2.75) is 206 Å². The number of rotatable bonds is 20. The van der Waals surface area contributed by atoms with Crippen molar-refractivity contribution < 1.29 is 71.8 Å². The first-order valence-electron chi connectivity index (χ1n) is 30.6. The molecular weight excluding hydrogens is 1110 g/mol. The van der Waals surface area contributed by atoms with Gasteiger partial charge in [-0.15, -0.1) is 13.2 Å². The summed E-state index contributed by atoms with van der Waals surface area (Å²) in [5, 5.41) is 10.5. The van der Waals surface area contributed by atoms with E-state index >= 15 is 0 Å². The second-order valence-corrected chi connectivity index (χ2v) is 25.5. The fourth-order valence-corrected chi connectivity index (χ4v) is 12.0. The Bertz CT molecular complexity index is 3130. The maximum absolute atomic E-state index is 14.2. The molecule has 6 atom stereocenters. The highest BCUT2D eigenvalue weighted by Crippen LogP contribution is 2.47. The highest BCUT2D eigenvalue weighted by Gasteiger charge is 2.55. The van der Waals surface area contributed by atoms with Crippen LogP contribution in [0.2, 0.25) is 0 Å². The minimum atomic E-state index is -0.810. The number of aliphatic carboxylic acids is 1. The summed E-state index contributed by atoms with van der Waals surface area (Å²) in [6.45, 7) is 24.3. The van der Waals surface area contributed by atoms with E-state index in [9.17, 15) is 28.8 Å². The quantitative estimate of drug-likeness (QED) is 0.0375. The fourth-order valence-electron chi connectivity index (χ4n) is 12.0. The van der Waals surface area contributed by atoms with Gasteiger partial charge in [0.2, 0.25) is 5.91 Å². The van der Waals surface area contributed by atoms with Crippen LogP contribution in [0, 0.1) is 25.7 Å². The van der Waals surface area contributed by atoms with Crippen LogP contribution in [0.4, 0.5) is 4.79 Å². The Morgan fingerprint density at radius 1 is 0.667 bits per heavy atom. The molecule has 4 aliphatic rings. The Morgan fingerprint density at radius 3 is 1.54 bits per heavy atom. The van der Waals surface area contributed by atoms with E-state index in [2.05, 4.69) is 13.2 Å². The van der Waals surface area contributed by atoms with Crippen LogP contribution in [-0.2, 0) is 55.8 Å². The van der Waals surface area contributed by atoms with Gasteiger partial charge in [-0.1, -0.05) is 44.8 Å². The van der Waals surface area contributed by atoms with Crippen molar-refractivity contribution in [2.75, 3.05) is 41.5 Å². The topological polar surface area (TPSA) is 229 Å². The number of fused-ring (bicyclic) bond motifs is 6. The van der Waals surface area contributed by atoms with Crippen LogP contribution in [0.1, 0.15) is 167 Å². The largest absolute Gasteiger partial charge is 0.497 e. The lowest BCUT2D eigenvalue weighted by Gasteiger charge is -2.36. The third-order valence-corrected chi connectivity index (χ3v) is 16.4. The Labute approximate surface area is 513 Å². The van der Waals surface area contributed by atoms with E-state index in [-0.39, 0.29) is 31.3 Å². The zero-order valence-corrected chi connectivity index (χ0v) is 53.7. The molecular formula is C68H94N4O15. The fraction of sp³-hybridized carbons (Fsp3) is 0.588. The van der Waals surface area contributed by atoms with Gasteiger partial charge < -0.3 is 47.9 Å². The molecule has 19 nitrogen and oxygen atoms in total. The van der Waals surface area contributed by atoms with Gasteiger partial charge in [0.1, 0.15) is 57.5 Å². The number of aryl methyl sites for hydroxylation is 4. The van der Waals surface area contributed by atoms with Crippen molar-refractivity contribution >= 4 is 57.7 Å². The van der Waals surface area contributed by atoms with Gasteiger partial charge in [0, 0.05) is 40.7 Å². The number of ether oxygens (including phenoxy) is 8. The molecule has 6 heterocycles. The third-order valence-electron chi connectivity index (χ3n) is 16.4. The molecule has 8 rings (SSSR count). The van der Waals surface area contributed by atoms with Gasteiger partial charge in [0.15, 0.2) is 0 Å². The SMILES string of the molecule is C=CCCCCC[C@H](C)C(=O)O.C=CCCCCC[C@H](CC(=O)OC(C)(C)C)C(=O)N1C[C@@]2(CCc3c(c(C)nc4ccc(OC)cc34)O2)C[C@H]1C(=O)OC.COC(=O)[C@@H]1C[C@]2(CCc3c(c(C)nc4ccc(OC)cc34)O2)CN1C(=O)OC(C)(C)C. The van der Waals surface area contributed by atoms with E-state index in [1.165, 1.54) is 19.1 Å². The first-order valence-corrected chi connectivity index (χ1v) is 30.6. The summed E-state index contributed by atoms with van der Waals surface area (Å²) < 4.78 is 45.4. The second-order valence-electron chi connectivity index (χ2n) is 25.5. The highest BCUT2D eigenvalue weighted by molar-refractivity contribution is 5.90. The predicted molar refractivity (Wildman–Crippen MR) is 332 cm³/mol. The Morgan fingerprint density at radius 2 is 1.11 bits per heavy atom. The van der Waals surface area contributed by atoms with Crippen molar-refractivity contribution in [3.05, 3.63) is 84.2 Å². The van der Waals surface area contributed by atoms with Crippen LogP contribution >= 0.6 is 0 Å². The molecule has 0 radical (unpaired) electrons. The van der Waals surface area contributed by atoms with E-state index < -0.39 is 70.4 Å². The Kier molecular flexibility index (Phi) is 23.7. The van der Waals surface area contributed by atoms with Crippen molar-refractivity contribution in [1.82, 2.24) is 19.8 Å². The number of nitrogens with zero attached hydrogens (tertiary/aromatic N) is 4. The number of benzene rings is 2. The Hall–Kier alpha value is -7.44. The van der Waals surface area contributed by atoms with E-state index in [1.54, 1.807) is 46.8 Å². The molecule has 0 bridgehead atoms. The summed E-state index contributed by atoms with van der Waals surface area (Å²) in [4.78, 5) is 88.5. The predicted octanol–water partition coefficient (Wildman–Crippen LogP) is 12.5. The Balaban J connectivity index is 0.000000240. The number of likely N-dealkylation sites (tertiary alicyclic amines) is 2. The number of unbranched alkanes of at least 4 members (excludes halogenated alkanes) is 6. The molecule has 4 aromatic rings. The molecule has 0 unspecified atom stereocenters. The molecule has 2 amide bonds.